The summed E-state index contributed by atoms with van der Waals surface area (Å²) in [5.74, 6) is -0.0389. The first-order valence-electron chi connectivity index (χ1n) is 4.53. The number of nitrogens with zero attached hydrogens (tertiary/aromatic N) is 3. The minimum atomic E-state index is -0.354. The fourth-order valence-electron chi connectivity index (χ4n) is 1.21. The monoisotopic (exact) mass is 214 g/mol. The van der Waals surface area contributed by atoms with Crippen LogP contribution < -0.4 is 5.32 Å². The third-order valence-electron chi connectivity index (χ3n) is 1.89. The molecule has 0 amide bonds. The van der Waals surface area contributed by atoms with Crippen molar-refractivity contribution >= 4 is 11.5 Å². The van der Waals surface area contributed by atoms with Crippen LogP contribution in [-0.4, -0.2) is 9.97 Å². The van der Waals surface area contributed by atoms with Gasteiger partial charge in [-0.25, -0.2) is 14.4 Å². The highest BCUT2D eigenvalue weighted by Gasteiger charge is 2.04. The molecule has 1 N–H and O–H groups in total. The molecule has 0 saturated heterocycles. The summed E-state index contributed by atoms with van der Waals surface area (Å²) >= 11 is 0. The summed E-state index contributed by atoms with van der Waals surface area (Å²) < 4.78 is 12.9. The van der Waals surface area contributed by atoms with Crippen LogP contribution in [0.5, 0.6) is 0 Å². The predicted octanol–water partition coefficient (Wildman–Crippen LogP) is 2.23. The van der Waals surface area contributed by atoms with Crippen LogP contribution in [-0.2, 0) is 0 Å². The Bertz CT molecular complexity index is 548. The molecule has 0 atom stereocenters. The topological polar surface area (TPSA) is 61.6 Å². The number of anilines is 2. The molecule has 0 fully saturated rings. The van der Waals surface area contributed by atoms with Gasteiger partial charge in [-0.3, -0.25) is 0 Å². The fraction of sp³-hybridized carbons (Fsp3) is 0. The Labute approximate surface area is 91.4 Å². The molecule has 1 aromatic carbocycles. The Morgan fingerprint density at radius 2 is 2.06 bits per heavy atom. The first kappa shape index (κ1) is 10.1. The van der Waals surface area contributed by atoms with Gasteiger partial charge < -0.3 is 5.32 Å². The van der Waals surface area contributed by atoms with Gasteiger partial charge in [-0.1, -0.05) is 6.07 Å². The number of nitrogens with one attached hydrogen (secondary N) is 1. The van der Waals surface area contributed by atoms with Crippen LogP contribution in [0.2, 0.25) is 0 Å². The first-order chi connectivity index (χ1) is 7.79. The van der Waals surface area contributed by atoms with Gasteiger partial charge in [-0.05, 0) is 18.2 Å². The summed E-state index contributed by atoms with van der Waals surface area (Å²) in [6.07, 6.45) is 2.89. The van der Waals surface area contributed by atoms with Crippen LogP contribution in [0.25, 0.3) is 0 Å². The van der Waals surface area contributed by atoms with E-state index in [1.54, 1.807) is 12.1 Å². The third-order valence-corrected chi connectivity index (χ3v) is 1.89. The molecule has 2 aromatic rings. The maximum Gasteiger partial charge on any atom is 0.183 e. The third kappa shape index (κ3) is 2.12. The van der Waals surface area contributed by atoms with Gasteiger partial charge in [0, 0.05) is 18.1 Å². The number of rotatable bonds is 2. The Balaban J connectivity index is 2.31. The largest absolute Gasteiger partial charge is 0.338 e. The number of halogens is 1. The summed E-state index contributed by atoms with van der Waals surface area (Å²) in [7, 11) is 0. The molecule has 5 heteroatoms. The van der Waals surface area contributed by atoms with Crippen molar-refractivity contribution in [1.82, 2.24) is 9.97 Å². The van der Waals surface area contributed by atoms with E-state index in [9.17, 15) is 4.39 Å². The van der Waals surface area contributed by atoms with Crippen LogP contribution in [0, 0.1) is 17.1 Å². The van der Waals surface area contributed by atoms with Gasteiger partial charge in [0.05, 0.1) is 0 Å². The highest BCUT2D eigenvalue weighted by Crippen LogP contribution is 2.16. The molecule has 4 nitrogen and oxygen atoms in total. The standard InChI is InChI=1S/C11H7FN4/c12-8-2-1-3-9(6-8)16-11-10(7-13)14-4-5-15-11/h1-6H,(H,15,16). The molecule has 1 heterocycles. The van der Waals surface area contributed by atoms with Crippen LogP contribution in [0.15, 0.2) is 36.7 Å². The lowest BCUT2D eigenvalue weighted by Crippen LogP contribution is -1.98. The molecule has 0 radical (unpaired) electrons. The van der Waals surface area contributed by atoms with Gasteiger partial charge in [0.2, 0.25) is 0 Å². The maximum absolute atomic E-state index is 12.9. The van der Waals surface area contributed by atoms with E-state index in [4.69, 9.17) is 5.26 Å². The second-order valence-corrected chi connectivity index (χ2v) is 3.00. The highest BCUT2D eigenvalue weighted by atomic mass is 19.1. The molecule has 0 aliphatic rings. The van der Waals surface area contributed by atoms with E-state index in [0.29, 0.717) is 11.5 Å². The van der Waals surface area contributed by atoms with Crippen molar-refractivity contribution in [2.45, 2.75) is 0 Å². The van der Waals surface area contributed by atoms with E-state index in [2.05, 4.69) is 15.3 Å². The minimum Gasteiger partial charge on any atom is -0.338 e. The Hall–Kier alpha value is -2.48. The van der Waals surface area contributed by atoms with Crippen LogP contribution in [0.4, 0.5) is 15.9 Å². The smallest absolute Gasteiger partial charge is 0.183 e. The van der Waals surface area contributed by atoms with E-state index >= 15 is 0 Å². The van der Waals surface area contributed by atoms with Crippen molar-refractivity contribution in [3.63, 3.8) is 0 Å². The van der Waals surface area contributed by atoms with Crippen molar-refractivity contribution in [3.8, 4) is 6.07 Å². The zero-order valence-corrected chi connectivity index (χ0v) is 8.18. The molecule has 2 rings (SSSR count). The minimum absolute atomic E-state index is 0.173. The number of hydrogen-bond donors (Lipinski definition) is 1. The first-order valence-corrected chi connectivity index (χ1v) is 4.53. The summed E-state index contributed by atoms with van der Waals surface area (Å²) in [5, 5.41) is 11.6. The molecule has 1 aromatic heterocycles. The van der Waals surface area contributed by atoms with Gasteiger partial charge in [0.25, 0.3) is 0 Å². The molecule has 0 saturated carbocycles. The molecule has 0 aliphatic carbocycles. The molecule has 0 unspecified atom stereocenters. The molecule has 0 bridgehead atoms. The molecule has 0 aliphatic heterocycles. The van der Waals surface area contributed by atoms with Gasteiger partial charge >= 0.3 is 0 Å². The Kier molecular flexibility index (Phi) is 2.74. The lowest BCUT2D eigenvalue weighted by molar-refractivity contribution is 0.628. The van der Waals surface area contributed by atoms with Gasteiger partial charge in [-0.15, -0.1) is 0 Å². The maximum atomic E-state index is 12.9. The number of benzene rings is 1. The van der Waals surface area contributed by atoms with Crippen molar-refractivity contribution in [2.75, 3.05) is 5.32 Å². The van der Waals surface area contributed by atoms with E-state index in [1.807, 2.05) is 6.07 Å². The lowest BCUT2D eigenvalue weighted by atomic mass is 10.3. The van der Waals surface area contributed by atoms with Gasteiger partial charge in [0.15, 0.2) is 11.5 Å². The number of hydrogen-bond acceptors (Lipinski definition) is 4. The zero-order chi connectivity index (χ0) is 11.4. The van der Waals surface area contributed by atoms with Crippen molar-refractivity contribution < 1.29 is 4.39 Å². The summed E-state index contributed by atoms with van der Waals surface area (Å²) in [6, 6.07) is 7.81. The van der Waals surface area contributed by atoms with Gasteiger partial charge in [0.1, 0.15) is 11.9 Å². The SMILES string of the molecule is N#Cc1nccnc1Nc1cccc(F)c1. The molecular weight excluding hydrogens is 207 g/mol. The highest BCUT2D eigenvalue weighted by molar-refractivity contribution is 5.60. The van der Waals surface area contributed by atoms with Crippen LogP contribution in [0.1, 0.15) is 5.69 Å². The average molecular weight is 214 g/mol. The van der Waals surface area contributed by atoms with Crippen molar-refractivity contribution in [3.05, 3.63) is 48.2 Å². The Morgan fingerprint density at radius 3 is 2.81 bits per heavy atom. The number of aromatic nitrogens is 2. The van der Waals surface area contributed by atoms with E-state index in [-0.39, 0.29) is 11.5 Å². The Morgan fingerprint density at radius 1 is 1.25 bits per heavy atom. The molecular formula is C11H7FN4. The number of nitriles is 1. The van der Waals surface area contributed by atoms with E-state index < -0.39 is 0 Å². The normalized spacial score (nSPS) is 9.50. The second kappa shape index (κ2) is 4.36. The van der Waals surface area contributed by atoms with Gasteiger partial charge in [-0.2, -0.15) is 5.26 Å². The van der Waals surface area contributed by atoms with Crippen molar-refractivity contribution in [2.24, 2.45) is 0 Å². The quantitative estimate of drug-likeness (QED) is 0.832. The average Bonchev–Trinajstić information content (AvgIpc) is 2.30. The van der Waals surface area contributed by atoms with E-state index in [1.165, 1.54) is 24.5 Å². The molecule has 0 spiro atoms. The molecule has 16 heavy (non-hydrogen) atoms. The summed E-state index contributed by atoms with van der Waals surface area (Å²) in [4.78, 5) is 7.79. The summed E-state index contributed by atoms with van der Waals surface area (Å²) in [5.41, 5.74) is 0.698. The van der Waals surface area contributed by atoms with Crippen LogP contribution in [0.3, 0.4) is 0 Å². The lowest BCUT2D eigenvalue weighted by Gasteiger charge is -2.05. The second-order valence-electron chi connectivity index (χ2n) is 3.00. The van der Waals surface area contributed by atoms with E-state index in [0.717, 1.165) is 0 Å². The fourth-order valence-corrected chi connectivity index (χ4v) is 1.21. The molecule has 78 valence electrons. The van der Waals surface area contributed by atoms with Crippen LogP contribution >= 0.6 is 0 Å². The predicted molar refractivity (Wildman–Crippen MR) is 56.4 cm³/mol. The van der Waals surface area contributed by atoms with Crippen molar-refractivity contribution in [1.29, 1.82) is 5.26 Å². The summed E-state index contributed by atoms with van der Waals surface area (Å²) in [6.45, 7) is 0. The zero-order valence-electron chi connectivity index (χ0n) is 8.18.